The number of hydrogen-bond donors (Lipinski definition) is 0. The Morgan fingerprint density at radius 3 is 1.18 bits per heavy atom. The minimum absolute atomic E-state index is 0.0368. The van der Waals surface area contributed by atoms with Crippen molar-refractivity contribution in [1.29, 1.82) is 0 Å². The summed E-state index contributed by atoms with van der Waals surface area (Å²) < 4.78 is 0. The van der Waals surface area contributed by atoms with E-state index in [0.29, 0.717) is 0 Å². The topological polar surface area (TPSA) is 9.72 Å². The van der Waals surface area contributed by atoms with Crippen LogP contribution in [0.1, 0.15) is 0 Å². The quantitative estimate of drug-likeness (QED) is 0.163. The van der Waals surface area contributed by atoms with E-state index in [4.69, 9.17) is 0 Å². The highest BCUT2D eigenvalue weighted by molar-refractivity contribution is 7.05. The van der Waals surface area contributed by atoms with Crippen molar-refractivity contribution in [2.24, 2.45) is 0 Å². The highest BCUT2D eigenvalue weighted by Gasteiger charge is 2.55. The average molecular weight is 846 g/mol. The highest BCUT2D eigenvalue weighted by Crippen LogP contribution is 2.55. The molecule has 5 aliphatic rings. The Hall–Kier alpha value is -8.53. The van der Waals surface area contributed by atoms with E-state index in [2.05, 4.69) is 239 Å². The van der Waals surface area contributed by atoms with Crippen molar-refractivity contribution >= 4 is 108 Å². The van der Waals surface area contributed by atoms with Crippen LogP contribution in [0.2, 0.25) is 0 Å². The molecule has 0 amide bonds. The molecule has 0 N–H and O–H groups in total. The van der Waals surface area contributed by atoms with Gasteiger partial charge in [-0.25, -0.2) is 0 Å². The number of fused-ring (bicyclic) bond motifs is 8. The molecular formula is C62H37B2N3. The number of anilines is 8. The smallest absolute Gasteiger partial charge is 0.329 e. The van der Waals surface area contributed by atoms with Crippen LogP contribution in [-0.2, 0) is 0 Å². The summed E-state index contributed by atoms with van der Waals surface area (Å²) in [7, 11) is 0. The lowest BCUT2D eigenvalue weighted by Gasteiger charge is -2.54. The van der Waals surface area contributed by atoms with Crippen LogP contribution < -0.4 is 41.9 Å². The molecule has 0 fully saturated rings. The van der Waals surface area contributed by atoms with Crippen molar-refractivity contribution < 1.29 is 0 Å². The van der Waals surface area contributed by atoms with Crippen LogP contribution in [0.5, 0.6) is 0 Å². The molecule has 0 aliphatic carbocycles. The maximum atomic E-state index is 2.79. The zero-order valence-corrected chi connectivity index (χ0v) is 36.4. The summed E-state index contributed by atoms with van der Waals surface area (Å²) in [6, 6.07) is 84.5. The van der Waals surface area contributed by atoms with Gasteiger partial charge < -0.3 is 14.6 Å². The van der Waals surface area contributed by atoms with Gasteiger partial charge >= 0.3 is 6.85 Å². The van der Waals surface area contributed by atoms with Crippen molar-refractivity contribution in [1.82, 2.24) is 0 Å². The van der Waals surface area contributed by atoms with E-state index < -0.39 is 0 Å². The molecule has 0 unspecified atom stereocenters. The van der Waals surface area contributed by atoms with Crippen LogP contribution >= 0.6 is 0 Å². The summed E-state index contributed by atoms with van der Waals surface area (Å²) in [5.41, 5.74) is 26.9. The van der Waals surface area contributed by atoms with Gasteiger partial charge in [-0.3, -0.25) is 0 Å². The molecule has 306 valence electrons. The van der Waals surface area contributed by atoms with Gasteiger partial charge in [-0.15, -0.1) is 0 Å². The first-order chi connectivity index (χ1) is 33.2. The third-order valence-corrected chi connectivity index (χ3v) is 15.5. The number of nitrogens with zero attached hydrogens (tertiary/aromatic N) is 3. The zero-order valence-electron chi connectivity index (χ0n) is 36.4. The van der Waals surface area contributed by atoms with E-state index in [-0.39, 0.29) is 13.6 Å². The molecular weight excluding hydrogens is 808 g/mol. The Bertz CT molecular complexity index is 3730. The maximum absolute atomic E-state index is 2.79. The number of para-hydroxylation sites is 2. The predicted molar refractivity (Wildman–Crippen MR) is 284 cm³/mol. The third-order valence-electron chi connectivity index (χ3n) is 15.5. The first kappa shape index (κ1) is 35.8. The van der Waals surface area contributed by atoms with E-state index in [1.165, 1.54) is 139 Å². The van der Waals surface area contributed by atoms with E-state index in [0.717, 1.165) is 0 Å². The molecule has 0 spiro atoms. The Balaban J connectivity index is 1.03. The Labute approximate surface area is 389 Å². The minimum Gasteiger partial charge on any atom is -0.377 e. The first-order valence-electron chi connectivity index (χ1n) is 23.5. The van der Waals surface area contributed by atoms with E-state index in [1.807, 2.05) is 0 Å². The van der Waals surface area contributed by atoms with Crippen molar-refractivity contribution in [3.63, 3.8) is 0 Å². The van der Waals surface area contributed by atoms with E-state index >= 15 is 0 Å². The number of rotatable bonds is 4. The largest absolute Gasteiger partial charge is 0.377 e. The maximum Gasteiger partial charge on any atom is 0.329 e. The molecule has 5 heteroatoms. The summed E-state index contributed by atoms with van der Waals surface area (Å²) in [6.07, 6.45) is 0. The van der Waals surface area contributed by atoms with Gasteiger partial charge in [0.2, 0.25) is 0 Å². The second-order valence-electron chi connectivity index (χ2n) is 18.8. The summed E-state index contributed by atoms with van der Waals surface area (Å²) in [6.45, 7) is -0.0477. The van der Waals surface area contributed by atoms with Crippen molar-refractivity contribution in [3.05, 3.63) is 224 Å². The SMILES string of the molecule is c1ccc(N2c3cccc4c3B3c5c2ccc2c5N5B(c6cc(-c7ccc8ccccc8c7)ccc6-2)c2cc(-c6ccc7ccccc7c6)ccc2-c2ccc(c3c25)N4c2ccccc2)cc1. The summed E-state index contributed by atoms with van der Waals surface area (Å²) in [5, 5.41) is 5.03. The molecule has 11 aromatic carbocycles. The van der Waals surface area contributed by atoms with Gasteiger partial charge in [-0.2, -0.15) is 0 Å². The molecule has 5 aliphatic heterocycles. The summed E-state index contributed by atoms with van der Waals surface area (Å²) in [4.78, 5) is 7.87. The molecule has 0 saturated carbocycles. The lowest BCUT2D eigenvalue weighted by atomic mass is 9.29. The molecule has 67 heavy (non-hydrogen) atoms. The normalized spacial score (nSPS) is 13.8. The Kier molecular flexibility index (Phi) is 6.97. The minimum atomic E-state index is -0.0846. The van der Waals surface area contributed by atoms with E-state index in [9.17, 15) is 0 Å². The van der Waals surface area contributed by atoms with E-state index in [1.54, 1.807) is 0 Å². The monoisotopic (exact) mass is 845 g/mol. The predicted octanol–water partition coefficient (Wildman–Crippen LogP) is 12.6. The van der Waals surface area contributed by atoms with Gasteiger partial charge in [-0.1, -0.05) is 164 Å². The van der Waals surface area contributed by atoms with Crippen LogP contribution in [-0.4, -0.2) is 13.6 Å². The Morgan fingerprint density at radius 2 is 0.687 bits per heavy atom. The van der Waals surface area contributed by atoms with Crippen LogP contribution in [0, 0.1) is 0 Å². The lowest BCUT2D eigenvalue weighted by molar-refractivity contribution is 1.23. The van der Waals surface area contributed by atoms with Crippen molar-refractivity contribution in [2.45, 2.75) is 0 Å². The third kappa shape index (κ3) is 4.72. The number of benzene rings is 11. The highest BCUT2D eigenvalue weighted by atomic mass is 15.2. The molecule has 0 radical (unpaired) electrons. The lowest BCUT2D eigenvalue weighted by Crippen LogP contribution is -2.71. The molecule has 0 atom stereocenters. The van der Waals surface area contributed by atoms with Crippen LogP contribution in [0.15, 0.2) is 224 Å². The van der Waals surface area contributed by atoms with Crippen molar-refractivity contribution in [2.75, 3.05) is 14.6 Å². The van der Waals surface area contributed by atoms with Gasteiger partial charge in [0.05, 0.1) is 0 Å². The van der Waals surface area contributed by atoms with Gasteiger partial charge in [0.1, 0.15) is 0 Å². The summed E-state index contributed by atoms with van der Waals surface area (Å²) >= 11 is 0. The van der Waals surface area contributed by atoms with Gasteiger partial charge in [0.15, 0.2) is 0 Å². The van der Waals surface area contributed by atoms with Crippen LogP contribution in [0.4, 0.5) is 45.5 Å². The average Bonchev–Trinajstić information content (AvgIpc) is 3.40. The Morgan fingerprint density at radius 1 is 0.284 bits per heavy atom. The molecule has 0 aromatic heterocycles. The molecule has 0 bridgehead atoms. The molecule has 16 rings (SSSR count). The fourth-order valence-corrected chi connectivity index (χ4v) is 12.7. The fourth-order valence-electron chi connectivity index (χ4n) is 12.7. The van der Waals surface area contributed by atoms with Gasteiger partial charge in [0, 0.05) is 56.6 Å². The number of hydrogen-bond acceptors (Lipinski definition) is 3. The van der Waals surface area contributed by atoms with Crippen LogP contribution in [0.3, 0.4) is 0 Å². The second kappa shape index (κ2) is 13.1. The standard InChI is InChI=1S/C62H37B2N3/c1-3-16-46(17-4-1)65-54-20-11-21-55-58(54)63-59-56(65)32-30-50-48-28-26-44(42-24-22-38-12-7-9-14-40(38)34-42)36-52(48)64-53-37-45(43-25-23-39-13-8-10-15-41(39)35-43)27-29-49(53)51-31-33-57(60(63)62(51)67(64)61(50)59)66(55)47-18-5-2-6-19-47/h1-37H. The zero-order chi connectivity index (χ0) is 43.5. The molecule has 0 saturated heterocycles. The van der Waals surface area contributed by atoms with Crippen LogP contribution in [0.25, 0.3) is 66.1 Å². The van der Waals surface area contributed by atoms with Gasteiger partial charge in [-0.05, 0) is 143 Å². The second-order valence-corrected chi connectivity index (χ2v) is 18.8. The van der Waals surface area contributed by atoms with Gasteiger partial charge in [0.25, 0.3) is 6.71 Å². The molecule has 11 aromatic rings. The fraction of sp³-hybridized carbons (Fsp3) is 0. The molecule has 3 nitrogen and oxygen atoms in total. The molecule has 5 heterocycles. The first-order valence-corrected chi connectivity index (χ1v) is 23.5. The van der Waals surface area contributed by atoms with Crippen molar-refractivity contribution in [3.8, 4) is 44.5 Å². The summed E-state index contributed by atoms with van der Waals surface area (Å²) in [5.74, 6) is 0.